The molecule has 2 saturated heterocycles. The Balaban J connectivity index is 1.67. The number of nitrogens with one attached hydrogen (secondary N) is 1. The molecule has 2 aliphatic heterocycles. The Morgan fingerprint density at radius 3 is 2.76 bits per heavy atom. The van der Waals surface area contributed by atoms with Crippen molar-refractivity contribution in [3.8, 4) is 5.75 Å². The number of rotatable bonds is 5. The molecule has 2 fully saturated rings. The van der Waals surface area contributed by atoms with Crippen molar-refractivity contribution in [2.45, 2.75) is 57.2 Å². The molecule has 2 aliphatic rings. The molecule has 2 heterocycles. The average Bonchev–Trinajstić information content (AvgIpc) is 2.99. The predicted octanol–water partition coefficient (Wildman–Crippen LogP) is 3.62. The van der Waals surface area contributed by atoms with Gasteiger partial charge in [0.2, 0.25) is 0 Å². The average molecular weight is 289 g/mol. The summed E-state index contributed by atoms with van der Waals surface area (Å²) in [6.07, 6.45) is 7.04. The molecular formula is C18H27NO2. The zero-order chi connectivity index (χ0) is 14.5. The molecule has 0 bridgehead atoms. The number of hydrogen-bond donors (Lipinski definition) is 1. The summed E-state index contributed by atoms with van der Waals surface area (Å²) < 4.78 is 11.6. The van der Waals surface area contributed by atoms with Gasteiger partial charge in [0.25, 0.3) is 0 Å². The molecule has 1 aromatic rings. The molecule has 1 aromatic carbocycles. The lowest BCUT2D eigenvalue weighted by Gasteiger charge is -2.29. The van der Waals surface area contributed by atoms with E-state index in [4.69, 9.17) is 9.47 Å². The van der Waals surface area contributed by atoms with Gasteiger partial charge in [-0.25, -0.2) is 0 Å². The lowest BCUT2D eigenvalue weighted by atomic mass is 9.76. The summed E-state index contributed by atoms with van der Waals surface area (Å²) >= 11 is 0. The Hall–Kier alpha value is -1.06. The second-order valence-electron chi connectivity index (χ2n) is 6.40. The van der Waals surface area contributed by atoms with Crippen molar-refractivity contribution in [1.82, 2.24) is 5.32 Å². The number of hydrogen-bond acceptors (Lipinski definition) is 3. The molecule has 3 nitrogen and oxygen atoms in total. The fraction of sp³-hybridized carbons (Fsp3) is 0.667. The minimum absolute atomic E-state index is 0.0534. The van der Waals surface area contributed by atoms with Crippen LogP contribution in [0.5, 0.6) is 5.75 Å². The van der Waals surface area contributed by atoms with E-state index in [2.05, 4.69) is 36.5 Å². The summed E-state index contributed by atoms with van der Waals surface area (Å²) in [5.41, 5.74) is 1.78. The van der Waals surface area contributed by atoms with E-state index in [0.717, 1.165) is 38.3 Å². The summed E-state index contributed by atoms with van der Waals surface area (Å²) in [6, 6.07) is 8.73. The van der Waals surface area contributed by atoms with Crippen LogP contribution in [0, 0.1) is 0 Å². The standard InChI is InChI=1S/C18H27NO2/c1-2-10-18(11-12-19-14-18)15-6-8-16(9-7-15)21-17-5-3-4-13-20-17/h6-9,17,19H,2-5,10-14H2,1H3/t17-,18-/m0/s1. The summed E-state index contributed by atoms with van der Waals surface area (Å²) in [7, 11) is 0. The van der Waals surface area contributed by atoms with Gasteiger partial charge in [-0.2, -0.15) is 0 Å². The second kappa shape index (κ2) is 6.80. The predicted molar refractivity (Wildman–Crippen MR) is 84.7 cm³/mol. The van der Waals surface area contributed by atoms with Crippen molar-refractivity contribution in [3.63, 3.8) is 0 Å². The highest BCUT2D eigenvalue weighted by Gasteiger charge is 2.34. The Bertz CT molecular complexity index is 431. The number of benzene rings is 1. The first-order valence-electron chi connectivity index (χ1n) is 8.42. The van der Waals surface area contributed by atoms with Gasteiger partial charge < -0.3 is 14.8 Å². The van der Waals surface area contributed by atoms with E-state index >= 15 is 0 Å². The second-order valence-corrected chi connectivity index (χ2v) is 6.40. The largest absolute Gasteiger partial charge is 0.465 e. The van der Waals surface area contributed by atoms with Gasteiger partial charge in [0.15, 0.2) is 6.29 Å². The molecule has 21 heavy (non-hydrogen) atoms. The molecule has 116 valence electrons. The van der Waals surface area contributed by atoms with Gasteiger partial charge in [-0.05, 0) is 49.9 Å². The molecular weight excluding hydrogens is 262 g/mol. The maximum Gasteiger partial charge on any atom is 0.199 e. The molecule has 0 saturated carbocycles. The van der Waals surface area contributed by atoms with Crippen LogP contribution < -0.4 is 10.1 Å². The maximum absolute atomic E-state index is 5.93. The molecule has 0 unspecified atom stereocenters. The third-order valence-corrected chi connectivity index (χ3v) is 4.84. The molecule has 3 rings (SSSR count). The van der Waals surface area contributed by atoms with Gasteiger partial charge in [0.05, 0.1) is 6.61 Å². The first-order chi connectivity index (χ1) is 10.3. The van der Waals surface area contributed by atoms with Crippen molar-refractivity contribution in [2.75, 3.05) is 19.7 Å². The summed E-state index contributed by atoms with van der Waals surface area (Å²) in [5, 5.41) is 3.53. The lowest BCUT2D eigenvalue weighted by molar-refractivity contribution is -0.105. The van der Waals surface area contributed by atoms with Crippen molar-refractivity contribution in [3.05, 3.63) is 29.8 Å². The molecule has 0 spiro atoms. The molecule has 3 heteroatoms. The third-order valence-electron chi connectivity index (χ3n) is 4.84. The SMILES string of the molecule is CCC[C@]1(c2ccc(O[C@H]3CCCCO3)cc2)CCNC1. The van der Waals surface area contributed by atoms with E-state index in [1.54, 1.807) is 0 Å². The van der Waals surface area contributed by atoms with Crippen LogP contribution in [0.4, 0.5) is 0 Å². The highest BCUT2D eigenvalue weighted by atomic mass is 16.7. The van der Waals surface area contributed by atoms with Gasteiger partial charge in [0, 0.05) is 18.4 Å². The van der Waals surface area contributed by atoms with E-state index < -0.39 is 0 Å². The topological polar surface area (TPSA) is 30.5 Å². The summed E-state index contributed by atoms with van der Waals surface area (Å²) in [6.45, 7) is 5.34. The highest BCUT2D eigenvalue weighted by molar-refractivity contribution is 5.34. The van der Waals surface area contributed by atoms with Crippen LogP contribution in [0.2, 0.25) is 0 Å². The molecule has 1 N–H and O–H groups in total. The first-order valence-corrected chi connectivity index (χ1v) is 8.42. The van der Waals surface area contributed by atoms with Crippen LogP contribution in [0.15, 0.2) is 24.3 Å². The zero-order valence-electron chi connectivity index (χ0n) is 13.1. The van der Waals surface area contributed by atoms with Crippen LogP contribution in [0.25, 0.3) is 0 Å². The van der Waals surface area contributed by atoms with Crippen molar-refractivity contribution in [2.24, 2.45) is 0 Å². The maximum atomic E-state index is 5.93. The summed E-state index contributed by atoms with van der Waals surface area (Å²) in [5.74, 6) is 0.934. The fourth-order valence-electron chi connectivity index (χ4n) is 3.67. The Labute approximate surface area is 128 Å². The molecule has 0 aromatic heterocycles. The van der Waals surface area contributed by atoms with Gasteiger partial charge in [-0.1, -0.05) is 25.5 Å². The minimum Gasteiger partial charge on any atom is -0.465 e. The molecule has 0 aliphatic carbocycles. The smallest absolute Gasteiger partial charge is 0.199 e. The van der Waals surface area contributed by atoms with Crippen LogP contribution in [0.3, 0.4) is 0 Å². The van der Waals surface area contributed by atoms with Crippen LogP contribution in [0.1, 0.15) is 51.0 Å². The first kappa shape index (κ1) is 14.9. The van der Waals surface area contributed by atoms with Crippen LogP contribution in [-0.2, 0) is 10.2 Å². The van der Waals surface area contributed by atoms with E-state index in [0.29, 0.717) is 5.41 Å². The molecule has 2 atom stereocenters. The third kappa shape index (κ3) is 3.41. The Kier molecular flexibility index (Phi) is 4.81. The number of ether oxygens (including phenoxy) is 2. The Morgan fingerprint density at radius 2 is 2.14 bits per heavy atom. The van der Waals surface area contributed by atoms with Crippen LogP contribution in [-0.4, -0.2) is 26.0 Å². The van der Waals surface area contributed by atoms with E-state index in [9.17, 15) is 0 Å². The summed E-state index contributed by atoms with van der Waals surface area (Å²) in [4.78, 5) is 0. The lowest BCUT2D eigenvalue weighted by Crippen LogP contribution is -2.29. The van der Waals surface area contributed by atoms with Gasteiger partial charge in [0.1, 0.15) is 5.75 Å². The minimum atomic E-state index is -0.0534. The van der Waals surface area contributed by atoms with E-state index in [-0.39, 0.29) is 6.29 Å². The normalized spacial score (nSPS) is 29.5. The highest BCUT2D eigenvalue weighted by Crippen LogP contribution is 2.36. The van der Waals surface area contributed by atoms with Crippen molar-refractivity contribution in [1.29, 1.82) is 0 Å². The van der Waals surface area contributed by atoms with Gasteiger partial charge in [-0.3, -0.25) is 0 Å². The van der Waals surface area contributed by atoms with E-state index in [1.807, 2.05) is 0 Å². The van der Waals surface area contributed by atoms with Crippen molar-refractivity contribution < 1.29 is 9.47 Å². The zero-order valence-corrected chi connectivity index (χ0v) is 13.1. The molecule has 0 radical (unpaired) electrons. The Morgan fingerprint density at radius 1 is 1.29 bits per heavy atom. The van der Waals surface area contributed by atoms with Crippen molar-refractivity contribution >= 4 is 0 Å². The van der Waals surface area contributed by atoms with Gasteiger partial charge in [-0.15, -0.1) is 0 Å². The fourth-order valence-corrected chi connectivity index (χ4v) is 3.67. The van der Waals surface area contributed by atoms with Crippen LogP contribution >= 0.6 is 0 Å². The quantitative estimate of drug-likeness (QED) is 0.898. The van der Waals surface area contributed by atoms with Gasteiger partial charge >= 0.3 is 0 Å². The monoisotopic (exact) mass is 289 g/mol. The molecule has 0 amide bonds. The van der Waals surface area contributed by atoms with E-state index in [1.165, 1.54) is 31.2 Å².